The minimum atomic E-state index is -0.299. The fourth-order valence-electron chi connectivity index (χ4n) is 2.40. The van der Waals surface area contributed by atoms with E-state index in [1.165, 1.54) is 18.2 Å². The van der Waals surface area contributed by atoms with Crippen LogP contribution >= 0.6 is 0 Å². The number of carbonyl (C=O) groups is 1. The van der Waals surface area contributed by atoms with E-state index in [0.29, 0.717) is 13.1 Å². The third-order valence-corrected chi connectivity index (χ3v) is 3.43. The van der Waals surface area contributed by atoms with Crippen molar-refractivity contribution in [2.45, 2.75) is 13.3 Å². The summed E-state index contributed by atoms with van der Waals surface area (Å²) in [5.74, 6) is -0.631. The second-order valence-electron chi connectivity index (χ2n) is 4.81. The molecule has 1 amide bonds. The lowest BCUT2D eigenvalue weighted by Gasteiger charge is -2.34. The molecule has 1 aromatic rings. The molecular formula is C14H20N2O3. The Kier molecular flexibility index (Phi) is 4.27. The third kappa shape index (κ3) is 2.98. The number of piperazine rings is 1. The van der Waals surface area contributed by atoms with Gasteiger partial charge in [0, 0.05) is 26.2 Å². The summed E-state index contributed by atoms with van der Waals surface area (Å²) in [6, 6.07) is 4.35. The maximum atomic E-state index is 12.3. The average Bonchev–Trinajstić information content (AvgIpc) is 2.39. The Labute approximate surface area is 113 Å². The topological polar surface area (TPSA) is 64.0 Å². The van der Waals surface area contributed by atoms with Crippen LogP contribution in [0, 0.1) is 0 Å². The summed E-state index contributed by atoms with van der Waals surface area (Å²) in [4.78, 5) is 16.3. The van der Waals surface area contributed by atoms with Crippen LogP contribution in [-0.2, 0) is 0 Å². The molecule has 1 aromatic carbocycles. The molecule has 2 N–H and O–H groups in total. The highest BCUT2D eigenvalue weighted by molar-refractivity contribution is 5.99. The maximum Gasteiger partial charge on any atom is 0.261 e. The van der Waals surface area contributed by atoms with Crippen molar-refractivity contribution in [3.63, 3.8) is 0 Å². The molecule has 1 heterocycles. The Balaban J connectivity index is 2.05. The van der Waals surface area contributed by atoms with Crippen molar-refractivity contribution in [1.82, 2.24) is 9.80 Å². The highest BCUT2D eigenvalue weighted by Crippen LogP contribution is 2.27. The number of hydrogen-bond acceptors (Lipinski definition) is 4. The van der Waals surface area contributed by atoms with Crippen LogP contribution in [-0.4, -0.2) is 58.6 Å². The van der Waals surface area contributed by atoms with Crippen molar-refractivity contribution in [2.24, 2.45) is 0 Å². The molecule has 19 heavy (non-hydrogen) atoms. The summed E-state index contributed by atoms with van der Waals surface area (Å²) in [5, 5.41) is 19.4. The van der Waals surface area contributed by atoms with E-state index in [2.05, 4.69) is 11.8 Å². The summed E-state index contributed by atoms with van der Waals surface area (Å²) in [6.45, 7) is 6.13. The molecule has 5 heteroatoms. The zero-order valence-electron chi connectivity index (χ0n) is 11.2. The van der Waals surface area contributed by atoms with Crippen LogP contribution in [0.15, 0.2) is 18.2 Å². The van der Waals surface area contributed by atoms with Crippen molar-refractivity contribution >= 4 is 5.91 Å². The van der Waals surface area contributed by atoms with Crippen molar-refractivity contribution in [3.05, 3.63) is 23.8 Å². The Morgan fingerprint density at radius 1 is 1.16 bits per heavy atom. The van der Waals surface area contributed by atoms with E-state index in [0.717, 1.165) is 26.1 Å². The molecule has 0 bridgehead atoms. The molecule has 1 fully saturated rings. The van der Waals surface area contributed by atoms with Crippen molar-refractivity contribution in [2.75, 3.05) is 32.7 Å². The molecular weight excluding hydrogens is 244 g/mol. The van der Waals surface area contributed by atoms with E-state index in [-0.39, 0.29) is 23.0 Å². The standard InChI is InChI=1S/C14H20N2O3/c1-2-6-15-7-9-16(10-8-15)14(19)13-11(17)4-3-5-12(13)18/h3-5,17-18H,2,6-10H2,1H3. The molecule has 0 radical (unpaired) electrons. The fourth-order valence-corrected chi connectivity index (χ4v) is 2.40. The normalized spacial score (nSPS) is 16.6. The van der Waals surface area contributed by atoms with E-state index in [1.807, 2.05) is 0 Å². The molecule has 2 rings (SSSR count). The second kappa shape index (κ2) is 5.93. The molecule has 0 saturated carbocycles. The first-order valence-corrected chi connectivity index (χ1v) is 6.66. The summed E-state index contributed by atoms with van der Waals surface area (Å²) >= 11 is 0. The Hall–Kier alpha value is -1.75. The highest BCUT2D eigenvalue weighted by Gasteiger charge is 2.25. The Morgan fingerprint density at radius 2 is 1.74 bits per heavy atom. The zero-order chi connectivity index (χ0) is 13.8. The highest BCUT2D eigenvalue weighted by atomic mass is 16.3. The van der Waals surface area contributed by atoms with Gasteiger partial charge >= 0.3 is 0 Å². The van der Waals surface area contributed by atoms with Gasteiger partial charge in [-0.15, -0.1) is 0 Å². The molecule has 0 atom stereocenters. The molecule has 1 aliphatic rings. The number of carbonyl (C=O) groups excluding carboxylic acids is 1. The van der Waals surface area contributed by atoms with Crippen LogP contribution in [0.3, 0.4) is 0 Å². The van der Waals surface area contributed by atoms with Crippen LogP contribution in [0.1, 0.15) is 23.7 Å². The first-order valence-electron chi connectivity index (χ1n) is 6.66. The largest absolute Gasteiger partial charge is 0.507 e. The van der Waals surface area contributed by atoms with Crippen LogP contribution in [0.25, 0.3) is 0 Å². The Morgan fingerprint density at radius 3 is 2.26 bits per heavy atom. The molecule has 0 spiro atoms. The third-order valence-electron chi connectivity index (χ3n) is 3.43. The lowest BCUT2D eigenvalue weighted by molar-refractivity contribution is 0.0631. The minimum absolute atomic E-state index is 0.00596. The minimum Gasteiger partial charge on any atom is -0.507 e. The summed E-state index contributed by atoms with van der Waals surface area (Å²) in [5.41, 5.74) is 0.00596. The van der Waals surface area contributed by atoms with E-state index in [1.54, 1.807) is 4.90 Å². The maximum absolute atomic E-state index is 12.3. The van der Waals surface area contributed by atoms with Crippen LogP contribution in [0.5, 0.6) is 11.5 Å². The smallest absolute Gasteiger partial charge is 0.261 e. The predicted octanol–water partition coefficient (Wildman–Crippen LogP) is 1.27. The second-order valence-corrected chi connectivity index (χ2v) is 4.81. The van der Waals surface area contributed by atoms with Gasteiger partial charge in [-0.05, 0) is 25.1 Å². The monoisotopic (exact) mass is 264 g/mol. The van der Waals surface area contributed by atoms with Gasteiger partial charge < -0.3 is 15.1 Å². The quantitative estimate of drug-likeness (QED) is 0.863. The number of hydrogen-bond donors (Lipinski definition) is 2. The first kappa shape index (κ1) is 13.7. The molecule has 0 unspecified atom stereocenters. The van der Waals surface area contributed by atoms with Crippen LogP contribution in [0.2, 0.25) is 0 Å². The molecule has 0 aliphatic carbocycles. The Bertz CT molecular complexity index is 434. The van der Waals surface area contributed by atoms with Gasteiger partial charge in [0.2, 0.25) is 0 Å². The van der Waals surface area contributed by atoms with Gasteiger partial charge in [0.1, 0.15) is 17.1 Å². The molecule has 1 aliphatic heterocycles. The summed E-state index contributed by atoms with van der Waals surface area (Å²) < 4.78 is 0. The molecule has 5 nitrogen and oxygen atoms in total. The lowest BCUT2D eigenvalue weighted by atomic mass is 10.1. The number of aromatic hydroxyl groups is 2. The van der Waals surface area contributed by atoms with Gasteiger partial charge in [0.05, 0.1) is 0 Å². The number of phenolic OH excluding ortho intramolecular Hbond substituents is 2. The van der Waals surface area contributed by atoms with E-state index >= 15 is 0 Å². The van der Waals surface area contributed by atoms with Gasteiger partial charge in [-0.2, -0.15) is 0 Å². The molecule has 1 saturated heterocycles. The van der Waals surface area contributed by atoms with Gasteiger partial charge in [0.25, 0.3) is 5.91 Å². The number of rotatable bonds is 3. The van der Waals surface area contributed by atoms with Crippen molar-refractivity contribution in [3.8, 4) is 11.5 Å². The number of amides is 1. The first-order chi connectivity index (χ1) is 9.13. The number of nitrogens with zero attached hydrogens (tertiary/aromatic N) is 2. The van der Waals surface area contributed by atoms with Gasteiger partial charge in [-0.1, -0.05) is 13.0 Å². The van der Waals surface area contributed by atoms with E-state index in [4.69, 9.17) is 0 Å². The molecule has 104 valence electrons. The van der Waals surface area contributed by atoms with Gasteiger partial charge in [0.15, 0.2) is 0 Å². The van der Waals surface area contributed by atoms with E-state index in [9.17, 15) is 15.0 Å². The fraction of sp³-hybridized carbons (Fsp3) is 0.500. The van der Waals surface area contributed by atoms with Crippen molar-refractivity contribution in [1.29, 1.82) is 0 Å². The van der Waals surface area contributed by atoms with Crippen LogP contribution < -0.4 is 0 Å². The van der Waals surface area contributed by atoms with Gasteiger partial charge in [-0.3, -0.25) is 9.69 Å². The van der Waals surface area contributed by atoms with Crippen molar-refractivity contribution < 1.29 is 15.0 Å². The lowest BCUT2D eigenvalue weighted by Crippen LogP contribution is -2.48. The zero-order valence-corrected chi connectivity index (χ0v) is 11.2. The number of benzene rings is 1. The van der Waals surface area contributed by atoms with Gasteiger partial charge in [-0.25, -0.2) is 0 Å². The summed E-state index contributed by atoms with van der Waals surface area (Å²) in [7, 11) is 0. The number of phenols is 2. The SMILES string of the molecule is CCCN1CCN(C(=O)c2c(O)cccc2O)CC1. The average molecular weight is 264 g/mol. The molecule has 0 aromatic heterocycles. The summed E-state index contributed by atoms with van der Waals surface area (Å²) in [6.07, 6.45) is 1.11. The van der Waals surface area contributed by atoms with E-state index < -0.39 is 0 Å². The van der Waals surface area contributed by atoms with Crippen LogP contribution in [0.4, 0.5) is 0 Å². The predicted molar refractivity (Wildman–Crippen MR) is 72.4 cm³/mol.